The first kappa shape index (κ1) is 17.5. The second-order valence-electron chi connectivity index (χ2n) is 7.45. The van der Waals surface area contributed by atoms with Crippen molar-refractivity contribution in [1.29, 1.82) is 0 Å². The van der Waals surface area contributed by atoms with Crippen LogP contribution in [0.25, 0.3) is 0 Å². The summed E-state index contributed by atoms with van der Waals surface area (Å²) in [5.41, 5.74) is 1.72. The van der Waals surface area contributed by atoms with Gasteiger partial charge in [-0.2, -0.15) is 0 Å². The molecule has 1 aliphatic rings. The summed E-state index contributed by atoms with van der Waals surface area (Å²) < 4.78 is 3.16. The molecule has 3 rings (SSSR count). The molecule has 124 valence electrons. The van der Waals surface area contributed by atoms with E-state index in [4.69, 9.17) is 0 Å². The molecule has 0 atom stereocenters. The van der Waals surface area contributed by atoms with Gasteiger partial charge in [0.1, 0.15) is 0 Å². The molecule has 0 fully saturated rings. The predicted molar refractivity (Wildman–Crippen MR) is 111 cm³/mol. The third-order valence-corrected chi connectivity index (χ3v) is 12.0. The number of benzene rings is 2. The molecule has 0 heterocycles. The van der Waals surface area contributed by atoms with Crippen molar-refractivity contribution in [3.05, 3.63) is 83.6 Å². The summed E-state index contributed by atoms with van der Waals surface area (Å²) >= 11 is -1.22. The topological polar surface area (TPSA) is 0 Å². The third-order valence-electron chi connectivity index (χ3n) is 4.61. The van der Waals surface area contributed by atoms with E-state index in [1.54, 1.807) is 19.5 Å². The molecule has 0 amide bonds. The zero-order valence-electron chi connectivity index (χ0n) is 15.0. The van der Waals surface area contributed by atoms with Crippen LogP contribution in [0.4, 0.5) is 0 Å². The molecule has 2 aromatic rings. The molecule has 0 radical (unpaired) electrons. The molecule has 2 heteroatoms. The van der Waals surface area contributed by atoms with Gasteiger partial charge in [0.05, 0.1) is 0 Å². The fourth-order valence-electron chi connectivity index (χ4n) is 3.43. The molecule has 0 saturated heterocycles. The Balaban J connectivity index is 1.84. The average molecular weight is 394 g/mol. The molecular formula is C22H27AsSi. The Morgan fingerprint density at radius 2 is 1.38 bits per heavy atom. The average Bonchev–Trinajstić information content (AvgIpc) is 3.06. The van der Waals surface area contributed by atoms with Crippen molar-refractivity contribution >= 4 is 31.4 Å². The first-order valence-corrected chi connectivity index (χ1v) is 15.5. The van der Waals surface area contributed by atoms with Crippen LogP contribution in [0.2, 0.25) is 24.8 Å². The summed E-state index contributed by atoms with van der Waals surface area (Å²) in [5, 5.41) is 3.05. The van der Waals surface area contributed by atoms with Gasteiger partial charge in [-0.1, -0.05) is 0 Å². The SMILES string of the molecule is C[Si](C)(C)C1=C(CC[As](c2ccccc2)c2ccccc2)CC=C1. The third kappa shape index (κ3) is 4.20. The van der Waals surface area contributed by atoms with Crippen LogP contribution in [-0.4, -0.2) is 22.7 Å². The number of allylic oxidation sites excluding steroid dienone is 4. The maximum atomic E-state index is 2.47. The van der Waals surface area contributed by atoms with Gasteiger partial charge >= 0.3 is 153 Å². The van der Waals surface area contributed by atoms with Gasteiger partial charge in [-0.25, -0.2) is 0 Å². The Morgan fingerprint density at radius 3 is 1.88 bits per heavy atom. The molecule has 0 aliphatic heterocycles. The molecule has 0 nitrogen and oxygen atoms in total. The second kappa shape index (κ2) is 7.72. The van der Waals surface area contributed by atoms with Crippen molar-refractivity contribution in [2.24, 2.45) is 0 Å². The fourth-order valence-corrected chi connectivity index (χ4v) is 10.3. The minimum absolute atomic E-state index is 1.19. The zero-order chi connectivity index (χ0) is 17.0. The number of hydrogen-bond donors (Lipinski definition) is 0. The molecule has 0 saturated carbocycles. The Bertz CT molecular complexity index is 684. The fraction of sp³-hybridized carbons (Fsp3) is 0.273. The van der Waals surface area contributed by atoms with E-state index in [2.05, 4.69) is 92.5 Å². The van der Waals surface area contributed by atoms with Gasteiger partial charge in [-0.05, 0) is 0 Å². The van der Waals surface area contributed by atoms with Gasteiger partial charge in [-0.15, -0.1) is 0 Å². The van der Waals surface area contributed by atoms with E-state index in [0.29, 0.717) is 0 Å². The van der Waals surface area contributed by atoms with Crippen LogP contribution in [0, 0.1) is 0 Å². The van der Waals surface area contributed by atoms with Crippen LogP contribution in [0.15, 0.2) is 83.6 Å². The van der Waals surface area contributed by atoms with Gasteiger partial charge < -0.3 is 0 Å². The maximum absolute atomic E-state index is 2.47. The molecular weight excluding hydrogens is 367 g/mol. The van der Waals surface area contributed by atoms with E-state index in [9.17, 15) is 0 Å². The van der Waals surface area contributed by atoms with E-state index >= 15 is 0 Å². The molecule has 1 aliphatic carbocycles. The van der Waals surface area contributed by atoms with E-state index < -0.39 is 22.7 Å². The molecule has 0 aromatic heterocycles. The van der Waals surface area contributed by atoms with Crippen molar-refractivity contribution < 1.29 is 0 Å². The van der Waals surface area contributed by atoms with Crippen LogP contribution in [-0.2, 0) is 0 Å². The van der Waals surface area contributed by atoms with Gasteiger partial charge in [-0.3, -0.25) is 0 Å². The van der Waals surface area contributed by atoms with Gasteiger partial charge in [0.2, 0.25) is 0 Å². The summed E-state index contributed by atoms with van der Waals surface area (Å²) in [6.07, 6.45) is 7.26. The van der Waals surface area contributed by atoms with Crippen LogP contribution in [0.3, 0.4) is 0 Å². The molecule has 0 spiro atoms. The molecule has 0 bridgehead atoms. The summed E-state index contributed by atoms with van der Waals surface area (Å²) in [5.74, 6) is 0. The van der Waals surface area contributed by atoms with Crippen molar-refractivity contribution in [2.75, 3.05) is 0 Å². The molecule has 0 N–H and O–H groups in total. The van der Waals surface area contributed by atoms with E-state index in [1.165, 1.54) is 18.1 Å². The van der Waals surface area contributed by atoms with E-state index in [-0.39, 0.29) is 0 Å². The standard InChI is InChI=1S/C22H27AsSi/c1-24(2,3)22-16-10-11-19(22)17-18-23(20-12-6-4-7-13-20)21-14-8-5-9-15-21/h4-10,12-16H,11,17-18H2,1-3H3. The van der Waals surface area contributed by atoms with Gasteiger partial charge in [0.15, 0.2) is 0 Å². The minimum atomic E-state index is -1.22. The van der Waals surface area contributed by atoms with Crippen LogP contribution < -0.4 is 8.70 Å². The van der Waals surface area contributed by atoms with Crippen LogP contribution in [0.1, 0.15) is 12.8 Å². The Morgan fingerprint density at radius 1 is 0.833 bits per heavy atom. The zero-order valence-corrected chi connectivity index (χ0v) is 17.9. The number of rotatable bonds is 6. The van der Waals surface area contributed by atoms with Crippen molar-refractivity contribution in [3.8, 4) is 0 Å². The molecule has 2 aromatic carbocycles. The van der Waals surface area contributed by atoms with Crippen LogP contribution in [0.5, 0.6) is 0 Å². The van der Waals surface area contributed by atoms with Crippen LogP contribution >= 0.6 is 0 Å². The van der Waals surface area contributed by atoms with Crippen molar-refractivity contribution in [3.63, 3.8) is 0 Å². The van der Waals surface area contributed by atoms with E-state index in [0.717, 1.165) is 0 Å². The van der Waals surface area contributed by atoms with E-state index in [1.807, 2.05) is 0 Å². The summed E-state index contributed by atoms with van der Waals surface area (Å²) in [7, 11) is -1.21. The molecule has 0 unspecified atom stereocenters. The van der Waals surface area contributed by atoms with Gasteiger partial charge in [0, 0.05) is 0 Å². The van der Waals surface area contributed by atoms with Crippen molar-refractivity contribution in [1.82, 2.24) is 0 Å². The first-order valence-electron chi connectivity index (χ1n) is 8.82. The number of hydrogen-bond acceptors (Lipinski definition) is 0. The predicted octanol–water partition coefficient (Wildman–Crippen LogP) is 4.82. The Kier molecular flexibility index (Phi) is 5.63. The Hall–Kier alpha value is -1.30. The quantitative estimate of drug-likeness (QED) is 0.617. The Labute approximate surface area is 152 Å². The normalized spacial score (nSPS) is 14.7. The second-order valence-corrected chi connectivity index (χ2v) is 17.4. The molecule has 24 heavy (non-hydrogen) atoms. The summed E-state index contributed by atoms with van der Waals surface area (Å²) in [6.45, 7) is 7.42. The summed E-state index contributed by atoms with van der Waals surface area (Å²) in [6, 6.07) is 22.4. The van der Waals surface area contributed by atoms with Crippen molar-refractivity contribution in [2.45, 2.75) is 37.7 Å². The summed E-state index contributed by atoms with van der Waals surface area (Å²) in [4.78, 5) is 0. The monoisotopic (exact) mass is 394 g/mol. The first-order chi connectivity index (χ1) is 11.6. The van der Waals surface area contributed by atoms with Gasteiger partial charge in [0.25, 0.3) is 0 Å².